The van der Waals surface area contributed by atoms with Gasteiger partial charge >= 0.3 is 0 Å². The summed E-state index contributed by atoms with van der Waals surface area (Å²) in [7, 11) is 3.30. The molecule has 5 heteroatoms. The number of benzene rings is 1. The molecule has 0 aliphatic carbocycles. The molecule has 0 atom stereocenters. The van der Waals surface area contributed by atoms with Gasteiger partial charge in [-0.1, -0.05) is 38.8 Å². The number of methoxy groups -OCH3 is 2. The van der Waals surface area contributed by atoms with Gasteiger partial charge in [0.1, 0.15) is 0 Å². The first-order valence-corrected chi connectivity index (χ1v) is 8.42. The van der Waals surface area contributed by atoms with Crippen LogP contribution in [0.1, 0.15) is 39.2 Å². The molecule has 5 nitrogen and oxygen atoms in total. The molecular formula is C18H31N3O2. The van der Waals surface area contributed by atoms with Crippen LogP contribution in [0.15, 0.2) is 23.2 Å². The number of hydrogen-bond acceptors (Lipinski definition) is 3. The molecule has 23 heavy (non-hydrogen) atoms. The van der Waals surface area contributed by atoms with Gasteiger partial charge in [-0.25, -0.2) is 4.99 Å². The lowest BCUT2D eigenvalue weighted by molar-refractivity contribution is 0.352. The van der Waals surface area contributed by atoms with E-state index in [4.69, 9.17) is 9.47 Å². The minimum absolute atomic E-state index is 0.540. The second-order valence-corrected chi connectivity index (χ2v) is 5.41. The molecular weight excluding hydrogens is 290 g/mol. The Labute approximate surface area is 140 Å². The second-order valence-electron chi connectivity index (χ2n) is 5.41. The van der Waals surface area contributed by atoms with Crippen LogP contribution >= 0.6 is 0 Å². The van der Waals surface area contributed by atoms with Crippen molar-refractivity contribution >= 4 is 5.96 Å². The molecule has 0 fully saturated rings. The quantitative estimate of drug-likeness (QED) is 0.542. The number of aliphatic imine (C=N–C) groups is 1. The van der Waals surface area contributed by atoms with Crippen molar-refractivity contribution in [2.75, 3.05) is 27.3 Å². The zero-order valence-corrected chi connectivity index (χ0v) is 15.1. The van der Waals surface area contributed by atoms with E-state index >= 15 is 0 Å². The molecule has 0 aromatic heterocycles. The fraction of sp³-hybridized carbons (Fsp3) is 0.611. The van der Waals surface area contributed by atoms with Gasteiger partial charge in [-0.05, 0) is 18.9 Å². The first-order valence-electron chi connectivity index (χ1n) is 8.42. The lowest BCUT2D eigenvalue weighted by atomic mass is 10.0. The molecule has 0 bridgehead atoms. The van der Waals surface area contributed by atoms with Gasteiger partial charge in [0.15, 0.2) is 17.5 Å². The van der Waals surface area contributed by atoms with Crippen molar-refractivity contribution in [1.82, 2.24) is 10.6 Å². The maximum Gasteiger partial charge on any atom is 0.191 e. The highest BCUT2D eigenvalue weighted by Crippen LogP contribution is 2.30. The summed E-state index contributed by atoms with van der Waals surface area (Å²) in [5.41, 5.74) is 1.01. The van der Waals surface area contributed by atoms with Crippen LogP contribution in [-0.2, 0) is 6.54 Å². The molecule has 0 saturated heterocycles. The monoisotopic (exact) mass is 321 g/mol. The smallest absolute Gasteiger partial charge is 0.191 e. The van der Waals surface area contributed by atoms with Crippen LogP contribution in [0.3, 0.4) is 0 Å². The minimum atomic E-state index is 0.540. The summed E-state index contributed by atoms with van der Waals surface area (Å²) in [6, 6.07) is 5.86. The molecule has 130 valence electrons. The summed E-state index contributed by atoms with van der Waals surface area (Å²) in [6.45, 7) is 8.83. The minimum Gasteiger partial charge on any atom is -0.493 e. The Morgan fingerprint density at radius 3 is 2.39 bits per heavy atom. The fourth-order valence-electron chi connectivity index (χ4n) is 2.40. The summed E-state index contributed by atoms with van der Waals surface area (Å²) in [6.07, 6.45) is 2.35. The van der Waals surface area contributed by atoms with Crippen LogP contribution < -0.4 is 20.1 Å². The molecule has 0 saturated carbocycles. The van der Waals surface area contributed by atoms with E-state index in [0.717, 1.165) is 36.1 Å². The second kappa shape index (κ2) is 10.8. The number of rotatable bonds is 9. The van der Waals surface area contributed by atoms with Crippen LogP contribution in [0, 0.1) is 5.92 Å². The third-order valence-corrected chi connectivity index (χ3v) is 3.95. The van der Waals surface area contributed by atoms with Crippen LogP contribution in [-0.4, -0.2) is 33.3 Å². The molecule has 0 amide bonds. The maximum absolute atomic E-state index is 5.46. The Morgan fingerprint density at radius 1 is 1.09 bits per heavy atom. The first-order chi connectivity index (χ1) is 11.2. The maximum atomic E-state index is 5.46. The van der Waals surface area contributed by atoms with Crippen molar-refractivity contribution in [2.24, 2.45) is 10.9 Å². The zero-order valence-electron chi connectivity index (χ0n) is 15.1. The topological polar surface area (TPSA) is 54.9 Å². The van der Waals surface area contributed by atoms with Crippen molar-refractivity contribution in [3.05, 3.63) is 23.8 Å². The number of nitrogens with one attached hydrogen (secondary N) is 2. The van der Waals surface area contributed by atoms with E-state index in [0.29, 0.717) is 12.5 Å². The molecule has 1 aromatic carbocycles. The largest absolute Gasteiger partial charge is 0.493 e. The summed E-state index contributed by atoms with van der Waals surface area (Å²) in [4.78, 5) is 4.67. The Balaban J connectivity index is 2.81. The number of ether oxygens (including phenoxy) is 2. The van der Waals surface area contributed by atoms with Crippen molar-refractivity contribution in [2.45, 2.75) is 40.2 Å². The standard InChI is InChI=1S/C18H31N3O2/c1-6-14(7-2)12-20-18(19-8-3)21-13-15-10-9-11-16(22-4)17(15)23-5/h9-11,14H,6-8,12-13H2,1-5H3,(H2,19,20,21). The summed E-state index contributed by atoms with van der Waals surface area (Å²) in [5.74, 6) is 2.99. The molecule has 0 radical (unpaired) electrons. The van der Waals surface area contributed by atoms with Crippen molar-refractivity contribution < 1.29 is 9.47 Å². The number of nitrogens with zero attached hydrogens (tertiary/aromatic N) is 1. The molecule has 0 aliphatic rings. The Kier molecular flexibility index (Phi) is 8.95. The highest BCUT2D eigenvalue weighted by molar-refractivity contribution is 5.79. The molecule has 1 rings (SSSR count). The number of para-hydroxylation sites is 1. The number of guanidine groups is 1. The summed E-state index contributed by atoms with van der Waals surface area (Å²) < 4.78 is 10.8. The van der Waals surface area contributed by atoms with Gasteiger partial charge in [0, 0.05) is 18.7 Å². The normalized spacial score (nSPS) is 11.5. The summed E-state index contributed by atoms with van der Waals surface area (Å²) >= 11 is 0. The zero-order chi connectivity index (χ0) is 17.1. The van der Waals surface area contributed by atoms with Crippen LogP contribution in [0.4, 0.5) is 0 Å². The van der Waals surface area contributed by atoms with E-state index in [1.165, 1.54) is 12.8 Å². The van der Waals surface area contributed by atoms with Gasteiger partial charge in [-0.2, -0.15) is 0 Å². The van der Waals surface area contributed by atoms with E-state index in [1.54, 1.807) is 14.2 Å². The lowest BCUT2D eigenvalue weighted by Gasteiger charge is -2.17. The van der Waals surface area contributed by atoms with Crippen LogP contribution in [0.25, 0.3) is 0 Å². The Morgan fingerprint density at radius 2 is 1.83 bits per heavy atom. The highest BCUT2D eigenvalue weighted by Gasteiger charge is 2.10. The Bertz CT molecular complexity index is 485. The van der Waals surface area contributed by atoms with Gasteiger partial charge < -0.3 is 20.1 Å². The SMILES string of the molecule is CCNC(=NCc1cccc(OC)c1OC)NCC(CC)CC. The molecule has 0 unspecified atom stereocenters. The summed E-state index contributed by atoms with van der Waals surface area (Å²) in [5, 5.41) is 6.72. The van der Waals surface area contributed by atoms with Gasteiger partial charge in [0.05, 0.1) is 20.8 Å². The van der Waals surface area contributed by atoms with Crippen molar-refractivity contribution in [3.63, 3.8) is 0 Å². The third-order valence-electron chi connectivity index (χ3n) is 3.95. The predicted molar refractivity (Wildman–Crippen MR) is 96.4 cm³/mol. The van der Waals surface area contributed by atoms with E-state index < -0.39 is 0 Å². The van der Waals surface area contributed by atoms with Crippen molar-refractivity contribution in [1.29, 1.82) is 0 Å². The lowest BCUT2D eigenvalue weighted by Crippen LogP contribution is -2.39. The van der Waals surface area contributed by atoms with E-state index in [1.807, 2.05) is 18.2 Å². The Hall–Kier alpha value is -1.91. The fourth-order valence-corrected chi connectivity index (χ4v) is 2.40. The van der Waals surface area contributed by atoms with Crippen LogP contribution in [0.5, 0.6) is 11.5 Å². The third kappa shape index (κ3) is 6.00. The van der Waals surface area contributed by atoms with Gasteiger partial charge in [0.2, 0.25) is 0 Å². The first kappa shape index (κ1) is 19.1. The van der Waals surface area contributed by atoms with E-state index in [2.05, 4.69) is 36.4 Å². The molecule has 2 N–H and O–H groups in total. The average molecular weight is 321 g/mol. The van der Waals surface area contributed by atoms with Gasteiger partial charge in [-0.15, -0.1) is 0 Å². The predicted octanol–water partition coefficient (Wildman–Crippen LogP) is 3.20. The van der Waals surface area contributed by atoms with E-state index in [-0.39, 0.29) is 0 Å². The molecule has 1 aromatic rings. The van der Waals surface area contributed by atoms with Gasteiger partial charge in [-0.3, -0.25) is 0 Å². The average Bonchev–Trinajstić information content (AvgIpc) is 2.59. The number of hydrogen-bond donors (Lipinski definition) is 2. The van der Waals surface area contributed by atoms with Crippen LogP contribution in [0.2, 0.25) is 0 Å². The van der Waals surface area contributed by atoms with E-state index in [9.17, 15) is 0 Å². The van der Waals surface area contributed by atoms with Crippen molar-refractivity contribution in [3.8, 4) is 11.5 Å². The molecule has 0 heterocycles. The van der Waals surface area contributed by atoms with Gasteiger partial charge in [0.25, 0.3) is 0 Å². The molecule has 0 spiro atoms. The molecule has 0 aliphatic heterocycles. The highest BCUT2D eigenvalue weighted by atomic mass is 16.5.